The molecule has 0 saturated carbocycles. The zero-order valence-electron chi connectivity index (χ0n) is 19.8. The highest BCUT2D eigenvalue weighted by Crippen LogP contribution is 2.37. The van der Waals surface area contributed by atoms with Gasteiger partial charge < -0.3 is 20.7 Å². The number of ether oxygens (including phenoxy) is 1. The van der Waals surface area contributed by atoms with Gasteiger partial charge in [-0.05, 0) is 57.3 Å². The molecule has 3 N–H and O–H groups in total. The molecule has 0 aliphatic carbocycles. The second-order valence-electron chi connectivity index (χ2n) is 9.19. The first-order chi connectivity index (χ1) is 16.8. The number of nitrogens with two attached hydrogens (primary N) is 1. The summed E-state index contributed by atoms with van der Waals surface area (Å²) < 4.78 is 34.2. The molecule has 0 atom stereocenters. The number of aromatic nitrogens is 1. The number of nitrogens with zero attached hydrogens (tertiary/aromatic N) is 3. The third-order valence-corrected chi connectivity index (χ3v) is 8.79. The van der Waals surface area contributed by atoms with Crippen molar-refractivity contribution in [1.29, 1.82) is 0 Å². The van der Waals surface area contributed by atoms with Crippen molar-refractivity contribution < 1.29 is 17.9 Å². The molecule has 184 valence electrons. The molecular formula is C25H29N5O4S. The molecule has 35 heavy (non-hydrogen) atoms. The summed E-state index contributed by atoms with van der Waals surface area (Å²) >= 11 is 0. The van der Waals surface area contributed by atoms with Crippen LogP contribution >= 0.6 is 0 Å². The van der Waals surface area contributed by atoms with E-state index in [9.17, 15) is 13.2 Å². The Morgan fingerprint density at radius 1 is 1.20 bits per heavy atom. The average molecular weight is 496 g/mol. The van der Waals surface area contributed by atoms with E-state index in [1.54, 1.807) is 18.2 Å². The van der Waals surface area contributed by atoms with Gasteiger partial charge in [0, 0.05) is 48.4 Å². The maximum atomic E-state index is 13.5. The lowest BCUT2D eigenvalue weighted by atomic mass is 10.1. The standard InChI is InChI=1S/C25H29N5O4S/c1-29(2)16-8-11-30(12-9-16)35(32,33)17-6-7-21-19(14-17)24(20(15-27-21)25(26)31)28-22-4-3-5-23-18(22)10-13-34-23/h3-7,14-16H,8-13H2,1-2H3,(H2,26,31)(H,27,28). The van der Waals surface area contributed by atoms with Crippen molar-refractivity contribution in [1.82, 2.24) is 14.2 Å². The third-order valence-electron chi connectivity index (χ3n) is 6.90. The molecule has 1 amide bonds. The predicted molar refractivity (Wildman–Crippen MR) is 135 cm³/mol. The number of pyridine rings is 1. The Kier molecular flexibility index (Phi) is 6.12. The Hall–Kier alpha value is -3.21. The van der Waals surface area contributed by atoms with Crippen molar-refractivity contribution in [2.45, 2.75) is 30.2 Å². The van der Waals surface area contributed by atoms with Gasteiger partial charge in [-0.15, -0.1) is 0 Å². The number of benzene rings is 2. The highest BCUT2D eigenvalue weighted by atomic mass is 32.2. The maximum Gasteiger partial charge on any atom is 0.252 e. The van der Waals surface area contributed by atoms with Gasteiger partial charge in [-0.1, -0.05) is 6.07 Å². The Morgan fingerprint density at radius 2 is 1.97 bits per heavy atom. The van der Waals surface area contributed by atoms with E-state index in [0.29, 0.717) is 42.3 Å². The van der Waals surface area contributed by atoms with Crippen LogP contribution in [-0.4, -0.2) is 68.3 Å². The number of piperidine rings is 1. The van der Waals surface area contributed by atoms with E-state index >= 15 is 0 Å². The third kappa shape index (κ3) is 4.33. The summed E-state index contributed by atoms with van der Waals surface area (Å²) in [5.41, 5.74) is 8.65. The number of amides is 1. The van der Waals surface area contributed by atoms with Gasteiger partial charge in [-0.25, -0.2) is 8.42 Å². The smallest absolute Gasteiger partial charge is 0.252 e. The SMILES string of the molecule is CN(C)C1CCN(S(=O)(=O)c2ccc3ncc(C(N)=O)c(Nc4cccc5c4CCO5)c3c2)CC1. The second-order valence-corrected chi connectivity index (χ2v) is 11.1. The minimum Gasteiger partial charge on any atom is -0.493 e. The lowest BCUT2D eigenvalue weighted by Gasteiger charge is -2.34. The van der Waals surface area contributed by atoms with E-state index in [1.165, 1.54) is 10.5 Å². The monoisotopic (exact) mass is 495 g/mol. The van der Waals surface area contributed by atoms with Crippen LogP contribution in [0.5, 0.6) is 5.75 Å². The Bertz CT molecular complexity index is 1400. The van der Waals surface area contributed by atoms with Crippen LogP contribution in [0.4, 0.5) is 11.4 Å². The summed E-state index contributed by atoms with van der Waals surface area (Å²) in [5.74, 6) is 0.142. The van der Waals surface area contributed by atoms with Gasteiger partial charge in [0.1, 0.15) is 5.75 Å². The van der Waals surface area contributed by atoms with Crippen LogP contribution in [0.3, 0.4) is 0 Å². The number of sulfonamides is 1. The average Bonchev–Trinajstić information content (AvgIpc) is 3.33. The minimum absolute atomic E-state index is 0.168. The van der Waals surface area contributed by atoms with E-state index < -0.39 is 15.9 Å². The van der Waals surface area contributed by atoms with E-state index in [1.807, 2.05) is 32.3 Å². The fraction of sp³-hybridized carbons (Fsp3) is 0.360. The quantitative estimate of drug-likeness (QED) is 0.540. The summed E-state index contributed by atoms with van der Waals surface area (Å²) in [5, 5.41) is 3.85. The van der Waals surface area contributed by atoms with Gasteiger partial charge in [-0.2, -0.15) is 4.31 Å². The van der Waals surface area contributed by atoms with Crippen LogP contribution in [0.25, 0.3) is 10.9 Å². The van der Waals surface area contributed by atoms with Crippen molar-refractivity contribution in [3.05, 3.63) is 53.7 Å². The summed E-state index contributed by atoms with van der Waals surface area (Å²) in [6.45, 7) is 1.51. The first kappa shape index (κ1) is 23.5. The van der Waals surface area contributed by atoms with Gasteiger partial charge in [0.15, 0.2) is 0 Å². The first-order valence-corrected chi connectivity index (χ1v) is 13.1. The molecule has 1 saturated heterocycles. The zero-order chi connectivity index (χ0) is 24.7. The molecule has 10 heteroatoms. The van der Waals surface area contributed by atoms with E-state index in [2.05, 4.69) is 15.2 Å². The van der Waals surface area contributed by atoms with E-state index in [4.69, 9.17) is 10.5 Å². The van der Waals surface area contributed by atoms with Crippen molar-refractivity contribution in [2.24, 2.45) is 5.73 Å². The summed E-state index contributed by atoms with van der Waals surface area (Å²) in [6.07, 6.45) is 3.71. The van der Waals surface area contributed by atoms with Crippen LogP contribution in [0.15, 0.2) is 47.5 Å². The lowest BCUT2D eigenvalue weighted by Crippen LogP contribution is -2.44. The van der Waals surface area contributed by atoms with Gasteiger partial charge >= 0.3 is 0 Å². The Morgan fingerprint density at radius 3 is 2.69 bits per heavy atom. The molecular weight excluding hydrogens is 466 g/mol. The number of anilines is 2. The molecule has 5 rings (SSSR count). The molecule has 1 fully saturated rings. The molecule has 9 nitrogen and oxygen atoms in total. The second kappa shape index (κ2) is 9.10. The number of rotatable bonds is 6. The molecule has 0 bridgehead atoms. The number of fused-ring (bicyclic) bond motifs is 2. The Balaban J connectivity index is 1.57. The zero-order valence-corrected chi connectivity index (χ0v) is 20.6. The highest BCUT2D eigenvalue weighted by Gasteiger charge is 2.30. The molecule has 3 heterocycles. The van der Waals surface area contributed by atoms with Crippen LogP contribution in [0.2, 0.25) is 0 Å². The van der Waals surface area contributed by atoms with Crippen molar-refractivity contribution in [2.75, 3.05) is 39.1 Å². The maximum absolute atomic E-state index is 13.5. The van der Waals surface area contributed by atoms with Gasteiger partial charge in [0.05, 0.1) is 28.3 Å². The van der Waals surface area contributed by atoms with E-state index in [-0.39, 0.29) is 10.5 Å². The summed E-state index contributed by atoms with van der Waals surface area (Å²) in [7, 11) is 0.324. The summed E-state index contributed by atoms with van der Waals surface area (Å²) in [6, 6.07) is 10.9. The predicted octanol–water partition coefficient (Wildman–Crippen LogP) is 2.73. The molecule has 0 unspecified atom stereocenters. The fourth-order valence-corrected chi connectivity index (χ4v) is 6.37. The Labute approximate surface area is 204 Å². The molecule has 2 aliphatic rings. The fourth-order valence-electron chi connectivity index (χ4n) is 4.88. The van der Waals surface area contributed by atoms with Crippen LogP contribution in [0, 0.1) is 0 Å². The van der Waals surface area contributed by atoms with Crippen molar-refractivity contribution >= 4 is 38.2 Å². The minimum atomic E-state index is -3.71. The van der Waals surface area contributed by atoms with Crippen molar-refractivity contribution in [3.63, 3.8) is 0 Å². The molecule has 0 radical (unpaired) electrons. The number of carbonyl (C=O) groups excluding carboxylic acids is 1. The van der Waals surface area contributed by atoms with Crippen LogP contribution < -0.4 is 15.8 Å². The molecule has 2 aromatic carbocycles. The van der Waals surface area contributed by atoms with Crippen molar-refractivity contribution in [3.8, 4) is 5.75 Å². The summed E-state index contributed by atoms with van der Waals surface area (Å²) in [4.78, 5) is 19.0. The number of nitrogens with one attached hydrogen (secondary N) is 1. The molecule has 1 aromatic heterocycles. The number of primary amides is 1. The number of hydrogen-bond acceptors (Lipinski definition) is 7. The largest absolute Gasteiger partial charge is 0.493 e. The molecule has 0 spiro atoms. The van der Waals surface area contributed by atoms with Gasteiger partial charge in [0.25, 0.3) is 5.91 Å². The van der Waals surface area contributed by atoms with Crippen LogP contribution in [-0.2, 0) is 16.4 Å². The normalized spacial score (nSPS) is 16.9. The van der Waals surface area contributed by atoms with Gasteiger partial charge in [-0.3, -0.25) is 9.78 Å². The topological polar surface area (TPSA) is 118 Å². The van der Waals surface area contributed by atoms with E-state index in [0.717, 1.165) is 36.3 Å². The number of hydrogen-bond donors (Lipinski definition) is 2. The number of carbonyl (C=O) groups is 1. The first-order valence-electron chi connectivity index (χ1n) is 11.7. The van der Waals surface area contributed by atoms with Gasteiger partial charge in [0.2, 0.25) is 10.0 Å². The highest BCUT2D eigenvalue weighted by molar-refractivity contribution is 7.89. The molecule has 2 aliphatic heterocycles. The lowest BCUT2D eigenvalue weighted by molar-refractivity contribution is 0.100. The molecule has 3 aromatic rings. The van der Waals surface area contributed by atoms with Crippen LogP contribution in [0.1, 0.15) is 28.8 Å².